The first-order valence-electron chi connectivity index (χ1n) is 6.88. The molecule has 108 valence electrons. The average Bonchev–Trinajstić information content (AvgIpc) is 2.95. The molecule has 1 aromatic heterocycles. The number of hydrogen-bond acceptors (Lipinski definition) is 4. The van der Waals surface area contributed by atoms with Crippen LogP contribution in [0.15, 0.2) is 23.6 Å². The van der Waals surface area contributed by atoms with E-state index in [2.05, 4.69) is 0 Å². The highest BCUT2D eigenvalue weighted by Crippen LogP contribution is 2.35. The van der Waals surface area contributed by atoms with E-state index in [0.29, 0.717) is 13.1 Å². The van der Waals surface area contributed by atoms with Crippen LogP contribution >= 0.6 is 11.3 Å². The molecule has 2 aliphatic rings. The lowest BCUT2D eigenvalue weighted by Gasteiger charge is -2.52. The normalized spacial score (nSPS) is 25.1. The summed E-state index contributed by atoms with van der Waals surface area (Å²) in [7, 11) is 1.75. The fourth-order valence-electron chi connectivity index (χ4n) is 2.85. The number of amides is 1. The van der Waals surface area contributed by atoms with Gasteiger partial charge >= 0.3 is 0 Å². The third-order valence-corrected chi connectivity index (χ3v) is 4.82. The molecule has 0 aliphatic carbocycles. The summed E-state index contributed by atoms with van der Waals surface area (Å²) in [6.07, 6.45) is 5.63. The van der Waals surface area contributed by atoms with Crippen LogP contribution in [0.3, 0.4) is 0 Å². The first-order chi connectivity index (χ1) is 9.71. The molecule has 2 saturated heterocycles. The van der Waals surface area contributed by atoms with Gasteiger partial charge in [-0.1, -0.05) is 6.07 Å². The number of nitrogens with zero attached hydrogens (tertiary/aromatic N) is 1. The molecule has 4 nitrogen and oxygen atoms in total. The zero-order chi connectivity index (χ0) is 14.0. The topological polar surface area (TPSA) is 38.8 Å². The molecule has 20 heavy (non-hydrogen) atoms. The van der Waals surface area contributed by atoms with Crippen molar-refractivity contribution in [2.24, 2.45) is 0 Å². The van der Waals surface area contributed by atoms with Crippen molar-refractivity contribution in [2.75, 3.05) is 26.8 Å². The van der Waals surface area contributed by atoms with E-state index in [9.17, 15) is 4.79 Å². The van der Waals surface area contributed by atoms with Gasteiger partial charge in [-0.05, 0) is 23.9 Å². The first kappa shape index (κ1) is 13.8. The zero-order valence-electron chi connectivity index (χ0n) is 11.6. The molecule has 0 radical (unpaired) electrons. The summed E-state index contributed by atoms with van der Waals surface area (Å²) in [5.74, 6) is 0.0622. The van der Waals surface area contributed by atoms with Crippen LogP contribution < -0.4 is 0 Å². The Labute approximate surface area is 123 Å². The molecular weight excluding hydrogens is 274 g/mol. The van der Waals surface area contributed by atoms with E-state index in [-0.39, 0.29) is 17.6 Å². The molecule has 0 saturated carbocycles. The van der Waals surface area contributed by atoms with Crippen molar-refractivity contribution >= 4 is 23.3 Å². The van der Waals surface area contributed by atoms with Gasteiger partial charge in [0.2, 0.25) is 5.91 Å². The predicted molar refractivity (Wildman–Crippen MR) is 78.6 cm³/mol. The molecule has 1 atom stereocenters. The Balaban J connectivity index is 1.53. The van der Waals surface area contributed by atoms with Gasteiger partial charge in [0.15, 0.2) is 0 Å². The quantitative estimate of drug-likeness (QED) is 0.802. The van der Waals surface area contributed by atoms with Gasteiger partial charge in [-0.3, -0.25) is 4.79 Å². The highest BCUT2D eigenvalue weighted by atomic mass is 32.1. The number of rotatable bonds is 3. The van der Waals surface area contributed by atoms with Crippen LogP contribution in [0, 0.1) is 0 Å². The summed E-state index contributed by atoms with van der Waals surface area (Å²) in [5, 5.41) is 2.00. The second-order valence-electron chi connectivity index (χ2n) is 5.43. The number of thiophene rings is 1. The van der Waals surface area contributed by atoms with E-state index in [1.54, 1.807) is 24.5 Å². The SMILES string of the molecule is COC1CCOC2(C1)CN(C(=O)/C=C/c1cccs1)C2. The van der Waals surface area contributed by atoms with E-state index in [1.165, 1.54) is 0 Å². The Morgan fingerprint density at radius 2 is 2.45 bits per heavy atom. The summed E-state index contributed by atoms with van der Waals surface area (Å²) in [4.78, 5) is 15.0. The third kappa shape index (κ3) is 2.80. The number of ether oxygens (including phenoxy) is 2. The fourth-order valence-corrected chi connectivity index (χ4v) is 3.47. The van der Waals surface area contributed by atoms with Gasteiger partial charge in [-0.15, -0.1) is 11.3 Å². The van der Waals surface area contributed by atoms with Crippen LogP contribution in [0.25, 0.3) is 6.08 Å². The van der Waals surface area contributed by atoms with E-state index in [1.807, 2.05) is 28.5 Å². The first-order valence-corrected chi connectivity index (χ1v) is 7.76. The molecule has 1 aromatic rings. The van der Waals surface area contributed by atoms with Gasteiger partial charge < -0.3 is 14.4 Å². The molecule has 0 N–H and O–H groups in total. The van der Waals surface area contributed by atoms with Crippen molar-refractivity contribution in [1.82, 2.24) is 4.90 Å². The van der Waals surface area contributed by atoms with Gasteiger partial charge in [0.25, 0.3) is 0 Å². The van der Waals surface area contributed by atoms with Gasteiger partial charge in [-0.2, -0.15) is 0 Å². The van der Waals surface area contributed by atoms with Crippen molar-refractivity contribution < 1.29 is 14.3 Å². The van der Waals surface area contributed by atoms with Crippen molar-refractivity contribution in [3.63, 3.8) is 0 Å². The summed E-state index contributed by atoms with van der Waals surface area (Å²) in [5.41, 5.74) is -0.161. The molecule has 1 amide bonds. The number of methoxy groups -OCH3 is 1. The molecule has 0 bridgehead atoms. The molecule has 3 heterocycles. The minimum atomic E-state index is -0.161. The second kappa shape index (κ2) is 5.68. The monoisotopic (exact) mass is 293 g/mol. The van der Waals surface area contributed by atoms with E-state index >= 15 is 0 Å². The predicted octanol–water partition coefficient (Wildman–Crippen LogP) is 2.17. The molecule has 1 spiro atoms. The summed E-state index contributed by atoms with van der Waals surface area (Å²) in [6, 6.07) is 3.98. The maximum Gasteiger partial charge on any atom is 0.246 e. The van der Waals surface area contributed by atoms with Crippen LogP contribution in [0.4, 0.5) is 0 Å². The number of carbonyl (C=O) groups excluding carboxylic acids is 1. The molecule has 2 fully saturated rings. The molecule has 1 unspecified atom stereocenters. The lowest BCUT2D eigenvalue weighted by Crippen LogP contribution is -2.67. The van der Waals surface area contributed by atoms with Gasteiger partial charge in [0, 0.05) is 31.1 Å². The van der Waals surface area contributed by atoms with Crippen LogP contribution in [0.1, 0.15) is 17.7 Å². The maximum atomic E-state index is 12.1. The Morgan fingerprint density at radius 3 is 3.15 bits per heavy atom. The van der Waals surface area contributed by atoms with Crippen molar-refractivity contribution in [3.05, 3.63) is 28.5 Å². The van der Waals surface area contributed by atoms with E-state index in [4.69, 9.17) is 9.47 Å². The van der Waals surface area contributed by atoms with Gasteiger partial charge in [0.1, 0.15) is 5.60 Å². The average molecular weight is 293 g/mol. The van der Waals surface area contributed by atoms with Gasteiger partial charge in [0.05, 0.1) is 19.2 Å². The van der Waals surface area contributed by atoms with Crippen LogP contribution in [0.2, 0.25) is 0 Å². The maximum absolute atomic E-state index is 12.1. The molecule has 2 aliphatic heterocycles. The van der Waals surface area contributed by atoms with Crippen molar-refractivity contribution in [1.29, 1.82) is 0 Å². The smallest absolute Gasteiger partial charge is 0.246 e. The van der Waals surface area contributed by atoms with Crippen molar-refractivity contribution in [3.8, 4) is 0 Å². The zero-order valence-corrected chi connectivity index (χ0v) is 12.4. The van der Waals surface area contributed by atoms with Crippen LogP contribution in [-0.4, -0.2) is 49.3 Å². The third-order valence-electron chi connectivity index (χ3n) is 3.98. The lowest BCUT2D eigenvalue weighted by molar-refractivity contribution is -0.195. The van der Waals surface area contributed by atoms with Crippen LogP contribution in [-0.2, 0) is 14.3 Å². The summed E-state index contributed by atoms with van der Waals surface area (Å²) < 4.78 is 11.3. The Morgan fingerprint density at radius 1 is 1.60 bits per heavy atom. The minimum Gasteiger partial charge on any atom is -0.381 e. The summed E-state index contributed by atoms with van der Waals surface area (Å²) >= 11 is 1.63. The van der Waals surface area contributed by atoms with Crippen molar-refractivity contribution in [2.45, 2.75) is 24.5 Å². The minimum absolute atomic E-state index is 0.0622. The highest BCUT2D eigenvalue weighted by molar-refractivity contribution is 7.10. The Kier molecular flexibility index (Phi) is 3.92. The summed E-state index contributed by atoms with van der Waals surface area (Å²) in [6.45, 7) is 2.09. The number of hydrogen-bond donors (Lipinski definition) is 0. The number of carbonyl (C=O) groups is 1. The second-order valence-corrected chi connectivity index (χ2v) is 6.40. The van der Waals surface area contributed by atoms with Gasteiger partial charge in [-0.25, -0.2) is 0 Å². The lowest BCUT2D eigenvalue weighted by atomic mass is 9.84. The fraction of sp³-hybridized carbons (Fsp3) is 0.533. The molecular formula is C15H19NO3S. The van der Waals surface area contributed by atoms with E-state index in [0.717, 1.165) is 24.3 Å². The Hall–Kier alpha value is -1.17. The molecule has 3 rings (SSSR count). The Bertz CT molecular complexity index is 491. The standard InChI is InChI=1S/C15H19NO3S/c1-18-12-6-7-19-15(9-12)10-16(11-15)14(17)5-4-13-3-2-8-20-13/h2-5,8,12H,6-7,9-11H2,1H3/b5-4+. The molecule has 5 heteroatoms. The van der Waals surface area contributed by atoms with E-state index < -0.39 is 0 Å². The van der Waals surface area contributed by atoms with Crippen LogP contribution in [0.5, 0.6) is 0 Å². The highest BCUT2D eigenvalue weighted by Gasteiger charge is 2.48. The number of likely N-dealkylation sites (tertiary alicyclic amines) is 1. The molecule has 0 aromatic carbocycles. The largest absolute Gasteiger partial charge is 0.381 e.